The third kappa shape index (κ3) is 2.77. The van der Waals surface area contributed by atoms with E-state index >= 15 is 0 Å². The van der Waals surface area contributed by atoms with E-state index in [1.165, 1.54) is 0 Å². The molecule has 0 N–H and O–H groups in total. The highest BCUT2D eigenvalue weighted by atomic mass is 79.9. The van der Waals surface area contributed by atoms with Crippen molar-refractivity contribution in [3.63, 3.8) is 0 Å². The molecular weight excluding hydrogens is 302 g/mol. The summed E-state index contributed by atoms with van der Waals surface area (Å²) < 4.78 is 0. The van der Waals surface area contributed by atoms with Crippen LogP contribution in [-0.4, -0.2) is 9.87 Å². The molecule has 0 aliphatic heterocycles. The second kappa shape index (κ2) is 4.72. The molecule has 2 atom stereocenters. The molecule has 1 rings (SSSR count). The van der Waals surface area contributed by atoms with Crippen LogP contribution in [0, 0.1) is 10.1 Å². The van der Waals surface area contributed by atoms with Gasteiger partial charge in [0.15, 0.2) is 0 Å². The minimum absolute atomic E-state index is 0.302. The molecule has 0 aromatic heterocycles. The van der Waals surface area contributed by atoms with Crippen molar-refractivity contribution in [1.82, 2.24) is 0 Å². The Morgan fingerprint density at radius 1 is 1.23 bits per heavy atom. The van der Waals surface area contributed by atoms with E-state index in [1.807, 2.05) is 30.3 Å². The zero-order valence-electron chi connectivity index (χ0n) is 6.56. The number of halogens is 2. The summed E-state index contributed by atoms with van der Waals surface area (Å²) in [5, 5.41) is 10.4. The molecule has 5 heteroatoms. The highest BCUT2D eigenvalue weighted by molar-refractivity contribution is 9.12. The zero-order valence-corrected chi connectivity index (χ0v) is 9.73. The molecule has 1 aromatic carbocycles. The second-order valence-electron chi connectivity index (χ2n) is 2.47. The molecule has 3 nitrogen and oxygen atoms in total. The van der Waals surface area contributed by atoms with Crippen LogP contribution >= 0.6 is 31.9 Å². The number of nitrogens with zero attached hydrogens (tertiary/aromatic N) is 1. The number of hydrogen-bond acceptors (Lipinski definition) is 2. The van der Waals surface area contributed by atoms with Crippen LogP contribution in [0.25, 0.3) is 0 Å². The summed E-state index contributed by atoms with van der Waals surface area (Å²) in [7, 11) is 0. The van der Waals surface area contributed by atoms with Crippen molar-refractivity contribution in [3.05, 3.63) is 46.0 Å². The van der Waals surface area contributed by atoms with Gasteiger partial charge in [-0.25, -0.2) is 0 Å². The lowest BCUT2D eigenvalue weighted by Crippen LogP contribution is -2.16. The average Bonchev–Trinajstić information content (AvgIpc) is 2.17. The Bertz CT molecular complexity index is 291. The summed E-state index contributed by atoms with van der Waals surface area (Å²) in [6.07, 6.45) is 0. The minimum Gasteiger partial charge on any atom is -0.263 e. The molecule has 13 heavy (non-hydrogen) atoms. The van der Waals surface area contributed by atoms with Crippen molar-refractivity contribution in [2.24, 2.45) is 0 Å². The normalized spacial score (nSPS) is 14.9. The molecule has 70 valence electrons. The van der Waals surface area contributed by atoms with Crippen molar-refractivity contribution in [3.8, 4) is 0 Å². The molecule has 2 unspecified atom stereocenters. The van der Waals surface area contributed by atoms with Gasteiger partial charge in [-0.3, -0.25) is 10.1 Å². The maximum Gasteiger partial charge on any atom is 0.282 e. The maximum absolute atomic E-state index is 10.4. The minimum atomic E-state index is -0.796. The summed E-state index contributed by atoms with van der Waals surface area (Å²) in [6, 6.07) is 9.26. The topological polar surface area (TPSA) is 43.1 Å². The Labute approximate surface area is 92.5 Å². The molecule has 0 bridgehead atoms. The first kappa shape index (κ1) is 10.7. The molecule has 0 heterocycles. The van der Waals surface area contributed by atoms with Gasteiger partial charge < -0.3 is 0 Å². The summed E-state index contributed by atoms with van der Waals surface area (Å²) >= 11 is 6.26. The third-order valence-corrected chi connectivity index (χ3v) is 4.16. The Morgan fingerprint density at radius 3 is 2.23 bits per heavy atom. The summed E-state index contributed by atoms with van der Waals surface area (Å²) in [6.45, 7) is 0. The first-order chi connectivity index (χ1) is 6.13. The van der Waals surface area contributed by atoms with Gasteiger partial charge in [0.1, 0.15) is 4.83 Å². The Kier molecular flexibility index (Phi) is 3.87. The van der Waals surface area contributed by atoms with E-state index in [1.54, 1.807) is 0 Å². The van der Waals surface area contributed by atoms with Crippen LogP contribution in [-0.2, 0) is 0 Å². The van der Waals surface area contributed by atoms with Crippen molar-refractivity contribution >= 4 is 31.9 Å². The van der Waals surface area contributed by atoms with E-state index in [-0.39, 0.29) is 9.75 Å². The standard InChI is InChI=1S/C8H7Br2NO2/c9-7(8(10)11(12)13)6-4-2-1-3-5-6/h1-5,7-8H. The Balaban J connectivity index is 2.79. The fourth-order valence-electron chi connectivity index (χ4n) is 0.903. The first-order valence-electron chi connectivity index (χ1n) is 3.59. The molecule has 0 aliphatic rings. The van der Waals surface area contributed by atoms with Gasteiger partial charge >= 0.3 is 0 Å². The lowest BCUT2D eigenvalue weighted by atomic mass is 10.1. The summed E-state index contributed by atoms with van der Waals surface area (Å²) in [5.41, 5.74) is 0.890. The Morgan fingerprint density at radius 2 is 1.77 bits per heavy atom. The van der Waals surface area contributed by atoms with Gasteiger partial charge in [0, 0.05) is 4.92 Å². The lowest BCUT2D eigenvalue weighted by Gasteiger charge is -2.09. The molecule has 1 aromatic rings. The van der Waals surface area contributed by atoms with E-state index < -0.39 is 4.95 Å². The van der Waals surface area contributed by atoms with E-state index in [4.69, 9.17) is 0 Å². The van der Waals surface area contributed by atoms with Crippen molar-refractivity contribution in [2.45, 2.75) is 9.78 Å². The Hall–Kier alpha value is -0.420. The molecule has 0 amide bonds. The molecule has 0 fully saturated rings. The molecular formula is C8H7Br2NO2. The number of rotatable bonds is 3. The average molecular weight is 309 g/mol. The SMILES string of the molecule is O=[N+]([O-])C(Br)C(Br)c1ccccc1. The maximum atomic E-state index is 10.4. The second-order valence-corrected chi connectivity index (χ2v) is 4.40. The first-order valence-corrected chi connectivity index (χ1v) is 5.42. The highest BCUT2D eigenvalue weighted by Crippen LogP contribution is 2.30. The van der Waals surface area contributed by atoms with Crippen molar-refractivity contribution in [2.75, 3.05) is 0 Å². The number of alkyl halides is 2. The molecule has 0 radical (unpaired) electrons. The van der Waals surface area contributed by atoms with Crippen LogP contribution in [0.2, 0.25) is 0 Å². The predicted molar refractivity (Wildman–Crippen MR) is 57.8 cm³/mol. The van der Waals surface area contributed by atoms with E-state index in [0.29, 0.717) is 0 Å². The van der Waals surface area contributed by atoms with Crippen molar-refractivity contribution < 1.29 is 4.92 Å². The zero-order chi connectivity index (χ0) is 9.84. The van der Waals surface area contributed by atoms with Crippen LogP contribution in [0.4, 0.5) is 0 Å². The molecule has 0 spiro atoms. The van der Waals surface area contributed by atoms with Crippen molar-refractivity contribution in [1.29, 1.82) is 0 Å². The largest absolute Gasteiger partial charge is 0.282 e. The van der Waals surface area contributed by atoms with Gasteiger partial charge in [0.2, 0.25) is 0 Å². The van der Waals surface area contributed by atoms with Crippen LogP contribution < -0.4 is 0 Å². The van der Waals surface area contributed by atoms with Gasteiger partial charge in [0.05, 0.1) is 0 Å². The van der Waals surface area contributed by atoms with E-state index in [9.17, 15) is 10.1 Å². The summed E-state index contributed by atoms with van der Waals surface area (Å²) in [4.78, 5) is 8.98. The molecule has 0 saturated heterocycles. The van der Waals surface area contributed by atoms with Gasteiger partial charge in [-0.15, -0.1) is 0 Å². The fraction of sp³-hybridized carbons (Fsp3) is 0.250. The van der Waals surface area contributed by atoms with E-state index in [2.05, 4.69) is 31.9 Å². The monoisotopic (exact) mass is 307 g/mol. The van der Waals surface area contributed by atoms with E-state index in [0.717, 1.165) is 5.56 Å². The van der Waals surface area contributed by atoms with Crippen LogP contribution in [0.1, 0.15) is 10.4 Å². The lowest BCUT2D eigenvalue weighted by molar-refractivity contribution is -0.492. The quantitative estimate of drug-likeness (QED) is 0.373. The van der Waals surface area contributed by atoms with Crippen LogP contribution in [0.5, 0.6) is 0 Å². The third-order valence-electron chi connectivity index (χ3n) is 1.56. The van der Waals surface area contributed by atoms with Gasteiger partial charge in [0.25, 0.3) is 4.95 Å². The van der Waals surface area contributed by atoms with Crippen LogP contribution in [0.3, 0.4) is 0 Å². The van der Waals surface area contributed by atoms with Crippen LogP contribution in [0.15, 0.2) is 30.3 Å². The molecule has 0 saturated carbocycles. The fourth-order valence-corrected chi connectivity index (χ4v) is 1.71. The number of benzene rings is 1. The number of nitro groups is 1. The highest BCUT2D eigenvalue weighted by Gasteiger charge is 2.26. The predicted octanol–water partition coefficient (Wildman–Crippen LogP) is 3.12. The molecule has 0 aliphatic carbocycles. The van der Waals surface area contributed by atoms with Gasteiger partial charge in [-0.1, -0.05) is 46.3 Å². The van der Waals surface area contributed by atoms with Gasteiger partial charge in [-0.05, 0) is 21.5 Å². The van der Waals surface area contributed by atoms with Gasteiger partial charge in [-0.2, -0.15) is 0 Å². The smallest absolute Gasteiger partial charge is 0.263 e. The summed E-state index contributed by atoms with van der Waals surface area (Å²) in [5.74, 6) is 0. The number of hydrogen-bond donors (Lipinski definition) is 0.